The molecule has 0 saturated heterocycles. The number of nitrogens with zero attached hydrogens (tertiary/aromatic N) is 2. The maximum absolute atomic E-state index is 12.5. The van der Waals surface area contributed by atoms with Gasteiger partial charge in [-0.05, 0) is 25.3 Å². The Labute approximate surface area is 128 Å². The molecule has 2 aromatic rings. The van der Waals surface area contributed by atoms with Crippen molar-refractivity contribution in [3.05, 3.63) is 41.0 Å². The number of para-hydroxylation sites is 1. The third kappa shape index (κ3) is 3.07. The number of halogens is 1. The molecule has 0 aliphatic carbocycles. The Bertz CT molecular complexity index is 632. The van der Waals surface area contributed by atoms with Crippen molar-refractivity contribution in [1.29, 1.82) is 0 Å². The van der Waals surface area contributed by atoms with Crippen molar-refractivity contribution >= 4 is 40.2 Å². The summed E-state index contributed by atoms with van der Waals surface area (Å²) in [5.74, 6) is 0.794. The lowest BCUT2D eigenvalue weighted by Gasteiger charge is -2.24. The molecule has 2 rings (SSSR count). The molecule has 1 amide bonds. The van der Waals surface area contributed by atoms with Crippen molar-refractivity contribution in [2.75, 3.05) is 19.1 Å². The lowest BCUT2D eigenvalue weighted by Crippen LogP contribution is -2.37. The molecule has 20 heavy (non-hydrogen) atoms. The monoisotopic (exact) mass is 308 g/mol. The number of aromatic nitrogens is 1. The molecule has 5 heteroatoms. The number of benzene rings is 1. The van der Waals surface area contributed by atoms with Gasteiger partial charge in [0.25, 0.3) is 5.91 Å². The molecule has 3 nitrogen and oxygen atoms in total. The van der Waals surface area contributed by atoms with E-state index in [1.54, 1.807) is 29.8 Å². The summed E-state index contributed by atoms with van der Waals surface area (Å²) in [5.41, 5.74) is 1.14. The molecule has 0 radical (unpaired) electrons. The minimum Gasteiger partial charge on any atom is -0.337 e. The van der Waals surface area contributed by atoms with Crippen molar-refractivity contribution in [2.45, 2.75) is 13.0 Å². The fraction of sp³-hybridized carbons (Fsp3) is 0.333. The van der Waals surface area contributed by atoms with Crippen LogP contribution in [0, 0.1) is 0 Å². The summed E-state index contributed by atoms with van der Waals surface area (Å²) in [6, 6.07) is 9.37. The van der Waals surface area contributed by atoms with E-state index in [0.717, 1.165) is 16.7 Å². The van der Waals surface area contributed by atoms with E-state index < -0.39 is 0 Å². The van der Waals surface area contributed by atoms with Gasteiger partial charge in [0, 0.05) is 24.2 Å². The highest BCUT2D eigenvalue weighted by Crippen LogP contribution is 2.23. The van der Waals surface area contributed by atoms with Gasteiger partial charge in [-0.15, -0.1) is 0 Å². The highest BCUT2D eigenvalue weighted by atomic mass is 35.5. The summed E-state index contributed by atoms with van der Waals surface area (Å²) < 4.78 is 0. The molecule has 0 aliphatic heterocycles. The summed E-state index contributed by atoms with van der Waals surface area (Å²) in [6.07, 6.45) is 2.03. The summed E-state index contributed by atoms with van der Waals surface area (Å²) >= 11 is 7.95. The van der Waals surface area contributed by atoms with Gasteiger partial charge in [0.2, 0.25) is 0 Å². The van der Waals surface area contributed by atoms with Crippen LogP contribution in [0.4, 0.5) is 0 Å². The topological polar surface area (TPSA) is 33.2 Å². The third-order valence-corrected chi connectivity index (χ3v) is 4.40. The Morgan fingerprint density at radius 2 is 2.15 bits per heavy atom. The lowest BCUT2D eigenvalue weighted by atomic mass is 10.2. The van der Waals surface area contributed by atoms with Gasteiger partial charge in [0.1, 0.15) is 5.69 Å². The van der Waals surface area contributed by atoms with E-state index >= 15 is 0 Å². The molecular weight excluding hydrogens is 292 g/mol. The lowest BCUT2D eigenvalue weighted by molar-refractivity contribution is 0.0752. The van der Waals surface area contributed by atoms with Crippen LogP contribution in [-0.2, 0) is 0 Å². The minimum atomic E-state index is -0.0980. The summed E-state index contributed by atoms with van der Waals surface area (Å²) in [6.45, 7) is 2.02. The second kappa shape index (κ2) is 6.46. The largest absolute Gasteiger partial charge is 0.337 e. The minimum absolute atomic E-state index is 0.0980. The second-order valence-corrected chi connectivity index (χ2v) is 6.04. The fourth-order valence-electron chi connectivity index (χ4n) is 1.98. The Morgan fingerprint density at radius 3 is 2.85 bits per heavy atom. The Morgan fingerprint density at radius 1 is 1.45 bits per heavy atom. The first-order valence-corrected chi connectivity index (χ1v) is 8.13. The molecule has 1 heterocycles. The van der Waals surface area contributed by atoms with Gasteiger partial charge >= 0.3 is 0 Å². The van der Waals surface area contributed by atoms with Crippen LogP contribution in [-0.4, -0.2) is 40.9 Å². The molecule has 0 bridgehead atoms. The zero-order valence-corrected chi connectivity index (χ0v) is 13.3. The number of hydrogen-bond acceptors (Lipinski definition) is 3. The SMILES string of the molecule is CSCC(C)N(C)C(=O)c1cc(Cl)c2ccccc2n1. The number of hydrogen-bond donors (Lipinski definition) is 0. The van der Waals surface area contributed by atoms with Crippen LogP contribution in [0.2, 0.25) is 5.02 Å². The highest BCUT2D eigenvalue weighted by Gasteiger charge is 2.19. The quantitative estimate of drug-likeness (QED) is 0.863. The van der Waals surface area contributed by atoms with Crippen molar-refractivity contribution in [3.8, 4) is 0 Å². The van der Waals surface area contributed by atoms with Crippen LogP contribution in [0.3, 0.4) is 0 Å². The van der Waals surface area contributed by atoms with Gasteiger partial charge in [0.05, 0.1) is 10.5 Å². The molecule has 0 saturated carbocycles. The van der Waals surface area contributed by atoms with E-state index in [9.17, 15) is 4.79 Å². The van der Waals surface area contributed by atoms with Gasteiger partial charge in [-0.25, -0.2) is 4.98 Å². The standard InChI is InChI=1S/C15H17ClN2OS/c1-10(9-20-3)18(2)15(19)14-8-12(16)11-6-4-5-7-13(11)17-14/h4-8,10H,9H2,1-3H3. The van der Waals surface area contributed by atoms with E-state index in [2.05, 4.69) is 4.98 Å². The first-order valence-electron chi connectivity index (χ1n) is 6.36. The molecular formula is C15H17ClN2OS. The molecule has 0 fully saturated rings. The van der Waals surface area contributed by atoms with Gasteiger partial charge in [-0.1, -0.05) is 29.8 Å². The van der Waals surface area contributed by atoms with Crippen LogP contribution < -0.4 is 0 Å². The van der Waals surface area contributed by atoms with Gasteiger partial charge in [0.15, 0.2) is 0 Å². The first kappa shape index (κ1) is 15.1. The van der Waals surface area contributed by atoms with Crippen molar-refractivity contribution in [2.24, 2.45) is 0 Å². The average molecular weight is 309 g/mol. The predicted molar refractivity (Wildman–Crippen MR) is 86.7 cm³/mol. The Kier molecular flexibility index (Phi) is 4.89. The molecule has 1 unspecified atom stereocenters. The maximum atomic E-state index is 12.5. The van der Waals surface area contributed by atoms with E-state index in [4.69, 9.17) is 11.6 Å². The molecule has 0 N–H and O–H groups in total. The summed E-state index contributed by atoms with van der Waals surface area (Å²) in [5, 5.41) is 1.43. The third-order valence-electron chi connectivity index (χ3n) is 3.27. The number of pyridine rings is 1. The smallest absolute Gasteiger partial charge is 0.272 e. The number of carbonyl (C=O) groups is 1. The van der Waals surface area contributed by atoms with Crippen LogP contribution in [0.15, 0.2) is 30.3 Å². The van der Waals surface area contributed by atoms with Crippen LogP contribution >= 0.6 is 23.4 Å². The highest BCUT2D eigenvalue weighted by molar-refractivity contribution is 7.98. The summed E-state index contributed by atoms with van der Waals surface area (Å²) in [4.78, 5) is 18.6. The Balaban J connectivity index is 2.35. The van der Waals surface area contributed by atoms with Crippen molar-refractivity contribution < 1.29 is 4.79 Å². The normalized spacial score (nSPS) is 12.4. The summed E-state index contributed by atoms with van der Waals surface area (Å²) in [7, 11) is 1.80. The van der Waals surface area contributed by atoms with Crippen LogP contribution in [0.5, 0.6) is 0 Å². The van der Waals surface area contributed by atoms with Gasteiger partial charge in [-0.3, -0.25) is 4.79 Å². The number of rotatable bonds is 4. The Hall–Kier alpha value is -1.26. The average Bonchev–Trinajstić information content (AvgIpc) is 2.46. The number of carbonyl (C=O) groups excluding carboxylic acids is 1. The molecule has 1 aromatic heterocycles. The van der Waals surface area contributed by atoms with Crippen molar-refractivity contribution in [1.82, 2.24) is 9.88 Å². The zero-order chi connectivity index (χ0) is 14.7. The van der Waals surface area contributed by atoms with Crippen LogP contribution in [0.25, 0.3) is 10.9 Å². The van der Waals surface area contributed by atoms with Gasteiger partial charge < -0.3 is 4.90 Å². The zero-order valence-electron chi connectivity index (χ0n) is 11.8. The molecule has 1 aromatic carbocycles. The first-order chi connectivity index (χ1) is 9.54. The second-order valence-electron chi connectivity index (χ2n) is 4.73. The maximum Gasteiger partial charge on any atom is 0.272 e. The molecule has 106 valence electrons. The molecule has 0 spiro atoms. The fourth-order valence-corrected chi connectivity index (χ4v) is 2.95. The van der Waals surface area contributed by atoms with E-state index in [1.807, 2.05) is 37.4 Å². The van der Waals surface area contributed by atoms with Crippen molar-refractivity contribution in [3.63, 3.8) is 0 Å². The number of fused-ring (bicyclic) bond motifs is 1. The van der Waals surface area contributed by atoms with E-state index in [1.165, 1.54) is 0 Å². The predicted octanol–water partition coefficient (Wildman–Crippen LogP) is 3.71. The van der Waals surface area contributed by atoms with Crippen LogP contribution in [0.1, 0.15) is 17.4 Å². The number of amides is 1. The van der Waals surface area contributed by atoms with Gasteiger partial charge in [-0.2, -0.15) is 11.8 Å². The molecule has 1 atom stereocenters. The van der Waals surface area contributed by atoms with E-state index in [-0.39, 0.29) is 11.9 Å². The number of thioether (sulfide) groups is 1. The molecule has 0 aliphatic rings. The van der Waals surface area contributed by atoms with E-state index in [0.29, 0.717) is 10.7 Å².